The summed E-state index contributed by atoms with van der Waals surface area (Å²) in [6, 6.07) is 5.57. The molecule has 0 fully saturated rings. The molecule has 0 N–H and O–H groups in total. The molecule has 0 heterocycles. The van der Waals surface area contributed by atoms with E-state index in [4.69, 9.17) is 9.53 Å². The molecule has 0 aliphatic carbocycles. The van der Waals surface area contributed by atoms with Gasteiger partial charge in [-0.2, -0.15) is 0 Å². The minimum absolute atomic E-state index is 0.00816. The highest BCUT2D eigenvalue weighted by molar-refractivity contribution is 5.98. The van der Waals surface area contributed by atoms with Crippen LogP contribution in [0.25, 0.3) is 0 Å². The van der Waals surface area contributed by atoms with Crippen LogP contribution >= 0.6 is 0 Å². The molecule has 1 aromatic rings. The Balaban J connectivity index is -0.000000535. The van der Waals surface area contributed by atoms with Gasteiger partial charge in [0.1, 0.15) is 24.1 Å². The second-order valence-corrected chi connectivity index (χ2v) is 8.87. The van der Waals surface area contributed by atoms with E-state index in [1.54, 1.807) is 6.08 Å². The summed E-state index contributed by atoms with van der Waals surface area (Å²) < 4.78 is 5.60. The van der Waals surface area contributed by atoms with Gasteiger partial charge >= 0.3 is 0 Å². The maximum absolute atomic E-state index is 11.9. The van der Waals surface area contributed by atoms with Crippen LogP contribution in [0.2, 0.25) is 0 Å². The number of aryl methyl sites for hydroxylation is 1. The standard InChI is InChI=1S/C16H22O3.C9H18O.C3H6.C2H4O/c1-12(2)16(18)15-8-7-14(11-13(15)3)19-10-6-4-5-9-17;1-4-5-9(10)7-6-8(2)3;1-3-2;1-2-3/h7-9,11-12H,4-6,10H2,1-3H3;8H,4-7H2,1-3H3;3H,1H2,2H3;2H,1H3. The van der Waals surface area contributed by atoms with Crippen LogP contribution in [0.4, 0.5) is 0 Å². The van der Waals surface area contributed by atoms with Gasteiger partial charge in [0, 0.05) is 30.7 Å². The average Bonchev–Trinajstić information content (AvgIpc) is 2.79. The zero-order valence-electron chi connectivity index (χ0n) is 23.5. The number of allylic oxidation sites excluding steroid dienone is 1. The summed E-state index contributed by atoms with van der Waals surface area (Å²) in [7, 11) is 0. The molecule has 5 nitrogen and oxygen atoms in total. The van der Waals surface area contributed by atoms with Crippen LogP contribution in [0.5, 0.6) is 5.75 Å². The first-order valence-corrected chi connectivity index (χ1v) is 12.8. The van der Waals surface area contributed by atoms with Crippen molar-refractivity contribution in [3.63, 3.8) is 0 Å². The Hall–Kier alpha value is -2.56. The highest BCUT2D eigenvalue weighted by Crippen LogP contribution is 2.20. The van der Waals surface area contributed by atoms with E-state index in [2.05, 4.69) is 20.4 Å². The zero-order chi connectivity index (χ0) is 27.6. The van der Waals surface area contributed by atoms with Crippen LogP contribution in [-0.4, -0.2) is 30.7 Å². The van der Waals surface area contributed by atoms with Gasteiger partial charge in [0.25, 0.3) is 0 Å². The second kappa shape index (κ2) is 26.1. The lowest BCUT2D eigenvalue weighted by Gasteiger charge is -2.11. The molecule has 0 amide bonds. The van der Waals surface area contributed by atoms with Crippen molar-refractivity contribution in [1.29, 1.82) is 0 Å². The van der Waals surface area contributed by atoms with Crippen LogP contribution in [0.15, 0.2) is 30.9 Å². The van der Waals surface area contributed by atoms with E-state index in [0.717, 1.165) is 68.0 Å². The summed E-state index contributed by atoms with van der Waals surface area (Å²) in [5.41, 5.74) is 1.72. The summed E-state index contributed by atoms with van der Waals surface area (Å²) in [6.45, 7) is 19.4. The fourth-order valence-corrected chi connectivity index (χ4v) is 2.69. The Morgan fingerprint density at radius 2 is 1.60 bits per heavy atom. The Bertz CT molecular complexity index is 699. The molecule has 0 spiro atoms. The lowest BCUT2D eigenvalue weighted by Crippen LogP contribution is -2.09. The third-order valence-electron chi connectivity index (χ3n) is 4.50. The molecule has 0 aliphatic heterocycles. The number of unbranched alkanes of at least 4 members (excludes halogenated alkanes) is 2. The molecule has 0 unspecified atom stereocenters. The van der Waals surface area contributed by atoms with E-state index in [9.17, 15) is 14.4 Å². The van der Waals surface area contributed by atoms with E-state index in [1.165, 1.54) is 6.92 Å². The summed E-state index contributed by atoms with van der Waals surface area (Å²) >= 11 is 0. The monoisotopic (exact) mass is 490 g/mol. The molecule has 1 aromatic carbocycles. The zero-order valence-corrected chi connectivity index (χ0v) is 23.5. The van der Waals surface area contributed by atoms with Gasteiger partial charge in [-0.3, -0.25) is 9.59 Å². The van der Waals surface area contributed by atoms with Gasteiger partial charge in [0.2, 0.25) is 0 Å². The molecule has 0 radical (unpaired) electrons. The van der Waals surface area contributed by atoms with Crippen molar-refractivity contribution in [1.82, 2.24) is 0 Å². The molecule has 1 rings (SSSR count). The number of ether oxygens (including phenoxy) is 1. The number of benzene rings is 1. The van der Waals surface area contributed by atoms with Crippen LogP contribution in [0.3, 0.4) is 0 Å². The number of hydrogen-bond acceptors (Lipinski definition) is 5. The highest BCUT2D eigenvalue weighted by atomic mass is 16.5. The molecule has 35 heavy (non-hydrogen) atoms. The van der Waals surface area contributed by atoms with Gasteiger partial charge in [0.05, 0.1) is 6.61 Å². The molecular weight excluding hydrogens is 440 g/mol. The number of carbonyl (C=O) groups is 4. The molecule has 0 atom stereocenters. The van der Waals surface area contributed by atoms with Crippen molar-refractivity contribution in [3.05, 3.63) is 42.0 Å². The first-order valence-electron chi connectivity index (χ1n) is 12.8. The maximum atomic E-state index is 11.9. The molecular formula is C30H50O5. The molecule has 0 bridgehead atoms. The Labute approximate surface area is 214 Å². The van der Waals surface area contributed by atoms with Crippen molar-refractivity contribution in [2.24, 2.45) is 11.8 Å². The van der Waals surface area contributed by atoms with Crippen molar-refractivity contribution in [3.8, 4) is 5.75 Å². The Kier molecular flexibility index (Phi) is 27.5. The number of rotatable bonds is 13. The highest BCUT2D eigenvalue weighted by Gasteiger charge is 2.13. The molecule has 0 saturated heterocycles. The number of ketones is 2. The van der Waals surface area contributed by atoms with Crippen molar-refractivity contribution >= 4 is 24.1 Å². The van der Waals surface area contributed by atoms with Crippen LogP contribution < -0.4 is 4.74 Å². The quantitative estimate of drug-likeness (QED) is 0.122. The fraction of sp³-hybridized carbons (Fsp3) is 0.600. The first-order chi connectivity index (χ1) is 16.6. The summed E-state index contributed by atoms with van der Waals surface area (Å²) in [4.78, 5) is 41.9. The van der Waals surface area contributed by atoms with E-state index in [1.807, 2.05) is 52.8 Å². The molecule has 0 aromatic heterocycles. The SMILES string of the molecule is C=CC.CC=O.CCCC(=O)CCC(C)C.Cc1cc(OCCCCC=O)ccc1C(=O)C(C)C. The lowest BCUT2D eigenvalue weighted by atomic mass is 9.97. The smallest absolute Gasteiger partial charge is 0.165 e. The number of aldehydes is 2. The van der Waals surface area contributed by atoms with E-state index >= 15 is 0 Å². The van der Waals surface area contributed by atoms with Gasteiger partial charge in [-0.1, -0.05) is 40.7 Å². The van der Waals surface area contributed by atoms with Crippen molar-refractivity contribution < 1.29 is 23.9 Å². The molecule has 200 valence electrons. The molecule has 0 aliphatic rings. The van der Waals surface area contributed by atoms with Crippen molar-refractivity contribution in [2.45, 2.75) is 100 Å². The molecule has 5 heteroatoms. The van der Waals surface area contributed by atoms with E-state index in [-0.39, 0.29) is 11.7 Å². The van der Waals surface area contributed by atoms with Gasteiger partial charge in [0.15, 0.2) is 5.78 Å². The summed E-state index contributed by atoms with van der Waals surface area (Å²) in [5, 5.41) is 0. The minimum Gasteiger partial charge on any atom is -0.494 e. The van der Waals surface area contributed by atoms with Gasteiger partial charge in [-0.05, 0) is 76.1 Å². The van der Waals surface area contributed by atoms with E-state index in [0.29, 0.717) is 24.7 Å². The Morgan fingerprint density at radius 1 is 1.03 bits per heavy atom. The number of hydrogen-bond donors (Lipinski definition) is 0. The molecule has 0 saturated carbocycles. The summed E-state index contributed by atoms with van der Waals surface area (Å²) in [6.07, 6.45) is 9.34. The average molecular weight is 491 g/mol. The first kappa shape index (κ1) is 37.0. The normalized spacial score (nSPS) is 9.43. The maximum Gasteiger partial charge on any atom is 0.165 e. The largest absolute Gasteiger partial charge is 0.494 e. The van der Waals surface area contributed by atoms with Gasteiger partial charge < -0.3 is 14.3 Å². The number of Topliss-reactive ketones (excluding diaryl/α,β-unsaturated/α-hetero) is 2. The lowest BCUT2D eigenvalue weighted by molar-refractivity contribution is -0.119. The minimum atomic E-state index is 0.00816. The van der Waals surface area contributed by atoms with E-state index < -0.39 is 0 Å². The fourth-order valence-electron chi connectivity index (χ4n) is 2.69. The van der Waals surface area contributed by atoms with Crippen LogP contribution in [-0.2, 0) is 14.4 Å². The van der Waals surface area contributed by atoms with Crippen LogP contribution in [0, 0.1) is 18.8 Å². The predicted octanol–water partition coefficient (Wildman–Crippen LogP) is 7.77. The number of carbonyl (C=O) groups excluding carboxylic acids is 4. The van der Waals surface area contributed by atoms with Crippen molar-refractivity contribution in [2.75, 3.05) is 6.61 Å². The van der Waals surface area contributed by atoms with Gasteiger partial charge in [-0.15, -0.1) is 6.58 Å². The predicted molar refractivity (Wildman–Crippen MR) is 147 cm³/mol. The van der Waals surface area contributed by atoms with Crippen LogP contribution in [0.1, 0.15) is 109 Å². The van der Waals surface area contributed by atoms with Gasteiger partial charge in [-0.25, -0.2) is 0 Å². The third-order valence-corrected chi connectivity index (χ3v) is 4.50. The third kappa shape index (κ3) is 24.4. The second-order valence-electron chi connectivity index (χ2n) is 8.87. The Morgan fingerprint density at radius 3 is 2.03 bits per heavy atom. The summed E-state index contributed by atoms with van der Waals surface area (Å²) in [5.74, 6) is 2.05. The topological polar surface area (TPSA) is 77.5 Å².